The molecule has 11 nitrogen and oxygen atoms in total. The molecule has 3 heterocycles. The topological polar surface area (TPSA) is 150 Å². The second-order valence-corrected chi connectivity index (χ2v) is 8.33. The number of aryl methyl sites for hydroxylation is 2. The second kappa shape index (κ2) is 9.96. The number of carbonyl (C=O) groups is 2. The molecule has 1 atom stereocenters. The van der Waals surface area contributed by atoms with Gasteiger partial charge in [-0.1, -0.05) is 18.2 Å². The zero-order valence-corrected chi connectivity index (χ0v) is 19.4. The minimum absolute atomic E-state index is 0.0565. The van der Waals surface area contributed by atoms with Gasteiger partial charge in [0.2, 0.25) is 5.91 Å². The SMILES string of the molecule is CCc1ncccc1[C@@H](C)OC(=O)Nc1c(-c2ccc(NC(=O)C3CC(N)C3)cn2)nnn1C. The fourth-order valence-corrected chi connectivity index (χ4v) is 3.86. The lowest BCUT2D eigenvalue weighted by Gasteiger charge is -2.30. The van der Waals surface area contributed by atoms with Crippen molar-refractivity contribution in [2.75, 3.05) is 10.6 Å². The summed E-state index contributed by atoms with van der Waals surface area (Å²) in [6, 6.07) is 7.24. The van der Waals surface area contributed by atoms with Crippen LogP contribution < -0.4 is 16.4 Å². The van der Waals surface area contributed by atoms with Crippen LogP contribution in [0.25, 0.3) is 11.4 Å². The van der Waals surface area contributed by atoms with Gasteiger partial charge in [-0.15, -0.1) is 5.10 Å². The van der Waals surface area contributed by atoms with Gasteiger partial charge in [-0.3, -0.25) is 20.1 Å². The maximum Gasteiger partial charge on any atom is 0.413 e. The Labute approximate surface area is 197 Å². The quantitative estimate of drug-likeness (QED) is 0.483. The Kier molecular flexibility index (Phi) is 6.82. The molecule has 0 spiro atoms. The fourth-order valence-electron chi connectivity index (χ4n) is 3.86. The van der Waals surface area contributed by atoms with E-state index in [1.807, 2.05) is 19.1 Å². The first-order valence-corrected chi connectivity index (χ1v) is 11.2. The van der Waals surface area contributed by atoms with Gasteiger partial charge >= 0.3 is 6.09 Å². The molecule has 0 unspecified atom stereocenters. The molecule has 1 aliphatic carbocycles. The zero-order chi connectivity index (χ0) is 24.2. The number of hydrogen-bond acceptors (Lipinski definition) is 8. The van der Waals surface area contributed by atoms with E-state index in [1.165, 1.54) is 4.68 Å². The number of nitrogens with two attached hydrogens (primary N) is 1. The summed E-state index contributed by atoms with van der Waals surface area (Å²) < 4.78 is 7.00. The maximum absolute atomic E-state index is 12.6. The molecule has 0 aliphatic heterocycles. The van der Waals surface area contributed by atoms with E-state index in [0.717, 1.165) is 17.7 Å². The van der Waals surface area contributed by atoms with Crippen molar-refractivity contribution < 1.29 is 14.3 Å². The van der Waals surface area contributed by atoms with Crippen LogP contribution in [0.1, 0.15) is 44.1 Å². The summed E-state index contributed by atoms with van der Waals surface area (Å²) in [5.41, 5.74) is 8.93. The van der Waals surface area contributed by atoms with E-state index in [4.69, 9.17) is 10.5 Å². The largest absolute Gasteiger partial charge is 0.441 e. The minimum atomic E-state index is -0.646. The van der Waals surface area contributed by atoms with E-state index in [0.29, 0.717) is 35.7 Å². The van der Waals surface area contributed by atoms with Gasteiger partial charge in [-0.2, -0.15) is 0 Å². The standard InChI is InChI=1S/C23H28N8O3/c1-4-18-17(6-5-9-25-18)13(2)34-23(33)28-21-20(29-30-31(21)3)19-8-7-16(12-26-19)27-22(32)14-10-15(24)11-14/h5-9,12-15H,4,10-11,24H2,1-3H3,(H,27,32)(H,28,33)/t13-,14?,15?/m1/s1. The third-order valence-corrected chi connectivity index (χ3v) is 5.85. The normalized spacial score (nSPS) is 18.0. The van der Waals surface area contributed by atoms with Crippen molar-refractivity contribution in [3.8, 4) is 11.4 Å². The van der Waals surface area contributed by atoms with Crippen molar-refractivity contribution in [2.24, 2.45) is 18.7 Å². The van der Waals surface area contributed by atoms with Crippen LogP contribution in [0.5, 0.6) is 0 Å². The summed E-state index contributed by atoms with van der Waals surface area (Å²) >= 11 is 0. The number of hydrogen-bond donors (Lipinski definition) is 3. The minimum Gasteiger partial charge on any atom is -0.441 e. The third kappa shape index (κ3) is 5.04. The molecule has 0 aromatic carbocycles. The van der Waals surface area contributed by atoms with E-state index in [-0.39, 0.29) is 17.9 Å². The van der Waals surface area contributed by atoms with Crippen LogP contribution in [0.4, 0.5) is 16.3 Å². The number of pyridine rings is 2. The molecule has 2 amide bonds. The van der Waals surface area contributed by atoms with Gasteiger partial charge in [0.25, 0.3) is 0 Å². The van der Waals surface area contributed by atoms with E-state index < -0.39 is 12.2 Å². The molecule has 34 heavy (non-hydrogen) atoms. The highest BCUT2D eigenvalue weighted by atomic mass is 16.6. The molecule has 4 rings (SSSR count). The van der Waals surface area contributed by atoms with E-state index >= 15 is 0 Å². The van der Waals surface area contributed by atoms with E-state index in [9.17, 15) is 9.59 Å². The molecular weight excluding hydrogens is 436 g/mol. The molecule has 1 saturated carbocycles. The number of amides is 2. The Hall–Kier alpha value is -3.86. The smallest absolute Gasteiger partial charge is 0.413 e. The van der Waals surface area contributed by atoms with Crippen molar-refractivity contribution >= 4 is 23.5 Å². The lowest BCUT2D eigenvalue weighted by molar-refractivity contribution is -0.122. The molecule has 178 valence electrons. The van der Waals surface area contributed by atoms with Crippen molar-refractivity contribution in [3.63, 3.8) is 0 Å². The van der Waals surface area contributed by atoms with Gasteiger partial charge in [0.15, 0.2) is 11.5 Å². The summed E-state index contributed by atoms with van der Waals surface area (Å²) in [6.07, 6.45) is 4.25. The average Bonchev–Trinajstić information content (AvgIpc) is 3.17. The van der Waals surface area contributed by atoms with Crippen LogP contribution in [0.15, 0.2) is 36.7 Å². The maximum atomic E-state index is 12.6. The fraction of sp³-hybridized carbons (Fsp3) is 0.391. The summed E-state index contributed by atoms with van der Waals surface area (Å²) in [5, 5.41) is 13.7. The van der Waals surface area contributed by atoms with Crippen molar-refractivity contribution in [2.45, 2.75) is 45.3 Å². The summed E-state index contributed by atoms with van der Waals surface area (Å²) in [5.74, 6) is 0.223. The van der Waals surface area contributed by atoms with Crippen molar-refractivity contribution in [1.82, 2.24) is 25.0 Å². The van der Waals surface area contributed by atoms with Gasteiger partial charge in [-0.05, 0) is 44.4 Å². The summed E-state index contributed by atoms with van der Waals surface area (Å²) in [6.45, 7) is 3.79. The first-order valence-electron chi connectivity index (χ1n) is 11.2. The van der Waals surface area contributed by atoms with Crippen molar-refractivity contribution in [3.05, 3.63) is 47.9 Å². The predicted octanol–water partition coefficient (Wildman–Crippen LogP) is 2.82. The predicted molar refractivity (Wildman–Crippen MR) is 126 cm³/mol. The number of nitrogens with zero attached hydrogens (tertiary/aromatic N) is 5. The van der Waals surface area contributed by atoms with Crippen LogP contribution in [-0.2, 0) is 23.0 Å². The molecule has 1 aliphatic rings. The first-order chi connectivity index (χ1) is 16.4. The van der Waals surface area contributed by atoms with Crippen LogP contribution in [-0.4, -0.2) is 43.0 Å². The van der Waals surface area contributed by atoms with E-state index in [1.54, 1.807) is 38.5 Å². The monoisotopic (exact) mass is 464 g/mol. The molecule has 3 aromatic heterocycles. The highest BCUT2D eigenvalue weighted by molar-refractivity contribution is 5.93. The molecule has 1 fully saturated rings. The van der Waals surface area contributed by atoms with Crippen LogP contribution in [0, 0.1) is 5.92 Å². The van der Waals surface area contributed by atoms with Crippen molar-refractivity contribution in [1.29, 1.82) is 0 Å². The van der Waals surface area contributed by atoms with Gasteiger partial charge in [-0.25, -0.2) is 9.48 Å². The number of rotatable bonds is 7. The van der Waals surface area contributed by atoms with E-state index in [2.05, 4.69) is 30.9 Å². The molecule has 0 radical (unpaired) electrons. The Bertz CT molecular complexity index is 1170. The average molecular weight is 465 g/mol. The number of nitrogens with one attached hydrogen (secondary N) is 2. The van der Waals surface area contributed by atoms with Gasteiger partial charge in [0.1, 0.15) is 6.10 Å². The molecule has 11 heteroatoms. The van der Waals surface area contributed by atoms with Crippen LogP contribution >= 0.6 is 0 Å². The summed E-state index contributed by atoms with van der Waals surface area (Å²) in [7, 11) is 1.66. The number of ether oxygens (including phenoxy) is 1. The first kappa shape index (κ1) is 23.3. The zero-order valence-electron chi connectivity index (χ0n) is 19.4. The third-order valence-electron chi connectivity index (χ3n) is 5.85. The number of anilines is 2. The Morgan fingerprint density at radius 1 is 1.24 bits per heavy atom. The highest BCUT2D eigenvalue weighted by Gasteiger charge is 2.32. The summed E-state index contributed by atoms with van der Waals surface area (Å²) in [4.78, 5) is 33.6. The number of aromatic nitrogens is 5. The number of carbonyl (C=O) groups excluding carboxylic acids is 2. The molecule has 3 aromatic rings. The lowest BCUT2D eigenvalue weighted by Crippen LogP contribution is -2.42. The van der Waals surface area contributed by atoms with Crippen LogP contribution in [0.2, 0.25) is 0 Å². The van der Waals surface area contributed by atoms with Crippen LogP contribution in [0.3, 0.4) is 0 Å². The Morgan fingerprint density at radius 3 is 2.71 bits per heavy atom. The Balaban J connectivity index is 1.42. The van der Waals surface area contributed by atoms with Gasteiger partial charge in [0.05, 0.1) is 17.6 Å². The molecule has 0 bridgehead atoms. The molecule has 4 N–H and O–H groups in total. The second-order valence-electron chi connectivity index (χ2n) is 8.33. The Morgan fingerprint density at radius 2 is 2.03 bits per heavy atom. The highest BCUT2D eigenvalue weighted by Crippen LogP contribution is 2.28. The lowest BCUT2D eigenvalue weighted by atomic mass is 9.80. The van der Waals surface area contributed by atoms with Gasteiger partial charge in [0, 0.05) is 36.5 Å². The molecule has 0 saturated heterocycles. The van der Waals surface area contributed by atoms with Gasteiger partial charge < -0.3 is 15.8 Å². The molecular formula is C23H28N8O3.